The van der Waals surface area contributed by atoms with Crippen LogP contribution in [0.5, 0.6) is 0 Å². The number of nitrogens with one attached hydrogen (secondary N) is 1. The molecule has 0 bridgehead atoms. The lowest BCUT2D eigenvalue weighted by atomic mass is 11.1. The van der Waals surface area contributed by atoms with E-state index in [0.717, 1.165) is 6.34 Å². The molecule has 0 fully saturated rings. The van der Waals surface area contributed by atoms with Gasteiger partial charge in [0.05, 0.1) is 0 Å². The van der Waals surface area contributed by atoms with Crippen molar-refractivity contribution in [3.05, 3.63) is 0 Å². The highest BCUT2D eigenvalue weighted by molar-refractivity contribution is 6.20. The van der Waals surface area contributed by atoms with Gasteiger partial charge in [0.2, 0.25) is 5.62 Å². The molecule has 0 radical (unpaired) electrons. The minimum absolute atomic E-state index is 0.265. The van der Waals surface area contributed by atoms with Crippen molar-refractivity contribution in [3.8, 4) is 0 Å². The van der Waals surface area contributed by atoms with Crippen LogP contribution in [-0.2, 0) is 0 Å². The molecule has 0 amide bonds. The molecule has 0 saturated heterocycles. The Kier molecular flexibility index (Phi) is 1.02. The van der Waals surface area contributed by atoms with Gasteiger partial charge in [0, 0.05) is 0 Å². The molecule has 0 aromatic rings. The Bertz CT molecular complexity index is 94.9. The van der Waals surface area contributed by atoms with Crippen LogP contribution < -0.4 is 5.43 Å². The van der Waals surface area contributed by atoms with Crippen LogP contribution in [0.1, 0.15) is 0 Å². The zero-order valence-electron chi connectivity index (χ0n) is 3.31. The largest absolute Gasteiger partial charge is 0.270 e. The first kappa shape index (κ1) is 4.64. The number of halogens is 2. The summed E-state index contributed by atoms with van der Waals surface area (Å²) in [4.78, 5) is 0. The van der Waals surface area contributed by atoms with Gasteiger partial charge in [-0.05, 0) is 0 Å². The molecule has 0 aliphatic carbocycles. The highest BCUT2D eigenvalue weighted by Crippen LogP contribution is 2.02. The Morgan fingerprint density at radius 3 is 2.86 bits per heavy atom. The van der Waals surface area contributed by atoms with Gasteiger partial charge < -0.3 is 0 Å². The second-order valence-electron chi connectivity index (χ2n) is 1.05. The van der Waals surface area contributed by atoms with E-state index in [4.69, 9.17) is 11.6 Å². The van der Waals surface area contributed by atoms with Gasteiger partial charge in [-0.15, -0.1) is 0 Å². The first-order chi connectivity index (χ1) is 3.30. The van der Waals surface area contributed by atoms with Crippen LogP contribution in [-0.4, -0.2) is 17.1 Å². The van der Waals surface area contributed by atoms with Crippen LogP contribution in [0.3, 0.4) is 0 Å². The summed E-state index contributed by atoms with van der Waals surface area (Å²) in [6.45, 7) is 0. The van der Waals surface area contributed by atoms with Gasteiger partial charge in [0.1, 0.15) is 6.34 Å². The van der Waals surface area contributed by atoms with Crippen molar-refractivity contribution >= 4 is 17.9 Å². The molecular formula is C2H3ClFN3. The van der Waals surface area contributed by atoms with E-state index < -0.39 is 5.62 Å². The minimum Gasteiger partial charge on any atom is -0.270 e. The van der Waals surface area contributed by atoms with E-state index in [-0.39, 0.29) is 5.12 Å². The monoisotopic (exact) mass is 123 g/mol. The topological polar surface area (TPSA) is 27.6 Å². The number of hydrazone groups is 1. The molecule has 0 aromatic carbocycles. The van der Waals surface area contributed by atoms with Gasteiger partial charge in [-0.25, -0.2) is 0 Å². The number of alkyl halides is 1. The standard InChI is InChI=1S/C2H3ClFN3/c3-2-6-5-1-7(2)4/h1-2,6H. The maximum Gasteiger partial charge on any atom is 0.221 e. The Morgan fingerprint density at radius 2 is 2.71 bits per heavy atom. The lowest BCUT2D eigenvalue weighted by Gasteiger charge is -2.03. The molecule has 0 aromatic heterocycles. The predicted molar refractivity (Wildman–Crippen MR) is 24.2 cm³/mol. The van der Waals surface area contributed by atoms with Crippen molar-refractivity contribution in [2.24, 2.45) is 5.10 Å². The average molecular weight is 124 g/mol. The van der Waals surface area contributed by atoms with E-state index in [9.17, 15) is 4.48 Å². The SMILES string of the molecule is FN1C=NNC1Cl. The maximum absolute atomic E-state index is 11.8. The molecule has 0 spiro atoms. The quantitative estimate of drug-likeness (QED) is 0.284. The lowest BCUT2D eigenvalue weighted by molar-refractivity contribution is 0.113. The van der Waals surface area contributed by atoms with Gasteiger partial charge in [-0.3, -0.25) is 5.43 Å². The summed E-state index contributed by atoms with van der Waals surface area (Å²) in [6, 6.07) is 0. The summed E-state index contributed by atoms with van der Waals surface area (Å²) in [5.74, 6) is 0. The molecule has 40 valence electrons. The Balaban J connectivity index is 2.45. The maximum atomic E-state index is 11.8. The lowest BCUT2D eigenvalue weighted by Crippen LogP contribution is -2.24. The zero-order valence-corrected chi connectivity index (χ0v) is 4.06. The van der Waals surface area contributed by atoms with Gasteiger partial charge >= 0.3 is 0 Å². The molecule has 1 unspecified atom stereocenters. The Labute approximate surface area is 44.7 Å². The minimum atomic E-state index is -0.819. The van der Waals surface area contributed by atoms with Crippen molar-refractivity contribution in [2.75, 3.05) is 0 Å². The molecule has 3 nitrogen and oxygen atoms in total. The molecular weight excluding hydrogens is 120 g/mol. The summed E-state index contributed by atoms with van der Waals surface area (Å²) in [6.07, 6.45) is 0.970. The summed E-state index contributed by atoms with van der Waals surface area (Å²) in [5.41, 5.74) is 1.44. The summed E-state index contributed by atoms with van der Waals surface area (Å²) < 4.78 is 11.8. The summed E-state index contributed by atoms with van der Waals surface area (Å²) in [5, 5.41) is 3.55. The fourth-order valence-electron chi connectivity index (χ4n) is 0.264. The molecule has 1 heterocycles. The molecule has 1 aliphatic heterocycles. The third-order valence-corrected chi connectivity index (χ3v) is 0.850. The van der Waals surface area contributed by atoms with Crippen molar-refractivity contribution in [3.63, 3.8) is 0 Å². The van der Waals surface area contributed by atoms with Crippen LogP contribution in [0.25, 0.3) is 0 Å². The number of nitrogens with zero attached hydrogens (tertiary/aromatic N) is 2. The smallest absolute Gasteiger partial charge is 0.221 e. The second-order valence-corrected chi connectivity index (χ2v) is 1.47. The van der Waals surface area contributed by atoms with Crippen molar-refractivity contribution < 1.29 is 4.48 Å². The van der Waals surface area contributed by atoms with E-state index in [0.29, 0.717) is 0 Å². The van der Waals surface area contributed by atoms with Crippen LogP contribution in [0, 0.1) is 0 Å². The van der Waals surface area contributed by atoms with Gasteiger partial charge in [0.15, 0.2) is 0 Å². The van der Waals surface area contributed by atoms with Crippen molar-refractivity contribution in [1.29, 1.82) is 0 Å². The van der Waals surface area contributed by atoms with Crippen LogP contribution >= 0.6 is 11.6 Å². The van der Waals surface area contributed by atoms with Gasteiger partial charge in [-0.2, -0.15) is 10.2 Å². The second kappa shape index (κ2) is 1.54. The van der Waals surface area contributed by atoms with E-state index in [2.05, 4.69) is 10.5 Å². The molecule has 7 heavy (non-hydrogen) atoms. The number of hydrogen-bond acceptors (Lipinski definition) is 3. The van der Waals surface area contributed by atoms with Crippen molar-refractivity contribution in [2.45, 2.75) is 5.62 Å². The number of hydrogen-bond donors (Lipinski definition) is 1. The van der Waals surface area contributed by atoms with E-state index >= 15 is 0 Å². The predicted octanol–water partition coefficient (Wildman–Crippen LogP) is 0.242. The first-order valence-electron chi connectivity index (χ1n) is 1.67. The molecule has 1 atom stereocenters. The van der Waals surface area contributed by atoms with Crippen LogP contribution in [0.4, 0.5) is 4.48 Å². The van der Waals surface area contributed by atoms with Crippen molar-refractivity contribution in [1.82, 2.24) is 10.5 Å². The highest BCUT2D eigenvalue weighted by atomic mass is 35.5. The molecule has 5 heteroatoms. The molecule has 0 saturated carbocycles. The summed E-state index contributed by atoms with van der Waals surface area (Å²) >= 11 is 5.18. The fraction of sp³-hybridized carbons (Fsp3) is 0.500. The molecule has 1 aliphatic rings. The van der Waals surface area contributed by atoms with E-state index in [1.54, 1.807) is 0 Å². The van der Waals surface area contributed by atoms with E-state index in [1.165, 1.54) is 0 Å². The Morgan fingerprint density at radius 1 is 2.00 bits per heavy atom. The summed E-state index contributed by atoms with van der Waals surface area (Å²) in [7, 11) is 0. The fourth-order valence-corrected chi connectivity index (χ4v) is 0.370. The molecule has 1 N–H and O–H groups in total. The van der Waals surface area contributed by atoms with E-state index in [1.807, 2.05) is 0 Å². The Hall–Kier alpha value is -0.510. The molecule has 1 rings (SSSR count). The zero-order chi connectivity index (χ0) is 5.28. The number of rotatable bonds is 0. The highest BCUT2D eigenvalue weighted by Gasteiger charge is 2.14. The van der Waals surface area contributed by atoms with Crippen LogP contribution in [0.15, 0.2) is 5.10 Å². The van der Waals surface area contributed by atoms with Gasteiger partial charge in [-0.1, -0.05) is 16.1 Å². The van der Waals surface area contributed by atoms with Gasteiger partial charge in [0.25, 0.3) is 0 Å². The third-order valence-electron chi connectivity index (χ3n) is 0.566. The normalized spacial score (nSPS) is 28.3. The third kappa shape index (κ3) is 0.742. The first-order valence-corrected chi connectivity index (χ1v) is 2.11. The average Bonchev–Trinajstić information content (AvgIpc) is 1.91. The van der Waals surface area contributed by atoms with Crippen LogP contribution in [0.2, 0.25) is 0 Å².